The molecule has 7 nitrogen and oxygen atoms in total. The lowest BCUT2D eigenvalue weighted by molar-refractivity contribution is -0.137. The molecule has 0 aromatic heterocycles. The fourth-order valence-corrected chi connectivity index (χ4v) is 2.67. The molecule has 3 N–H and O–H groups in total. The zero-order valence-electron chi connectivity index (χ0n) is 10.0. The van der Waals surface area contributed by atoms with Gasteiger partial charge in [0, 0.05) is 12.6 Å². The summed E-state index contributed by atoms with van der Waals surface area (Å²) in [7, 11) is 0. The van der Waals surface area contributed by atoms with Crippen molar-refractivity contribution >= 4 is 17.9 Å². The number of piperidine rings is 1. The Kier molecular flexibility index (Phi) is 3.69. The van der Waals surface area contributed by atoms with E-state index in [2.05, 4.69) is 10.6 Å². The summed E-state index contributed by atoms with van der Waals surface area (Å²) < 4.78 is 0. The molecule has 3 amide bonds. The Morgan fingerprint density at radius 1 is 1.17 bits per heavy atom. The highest BCUT2D eigenvalue weighted by Gasteiger charge is 2.40. The average Bonchev–Trinajstić information content (AvgIpc) is 2.95. The van der Waals surface area contributed by atoms with Gasteiger partial charge in [0.2, 0.25) is 5.91 Å². The number of likely N-dealkylation sites (tertiary alicyclic amines) is 1. The summed E-state index contributed by atoms with van der Waals surface area (Å²) in [6.45, 7) is 0.163. The second kappa shape index (κ2) is 5.24. The maximum absolute atomic E-state index is 11.8. The lowest BCUT2D eigenvalue weighted by Gasteiger charge is -2.26. The molecule has 7 heteroatoms. The van der Waals surface area contributed by atoms with Gasteiger partial charge < -0.3 is 20.6 Å². The third-order valence-electron chi connectivity index (χ3n) is 3.51. The van der Waals surface area contributed by atoms with E-state index in [9.17, 15) is 14.4 Å². The highest BCUT2D eigenvalue weighted by molar-refractivity contribution is 5.86. The molecule has 2 rings (SSSR count). The van der Waals surface area contributed by atoms with Gasteiger partial charge in [-0.05, 0) is 25.2 Å². The number of fused-ring (bicyclic) bond motifs is 2. The number of aliphatic carboxylic acids is 1. The number of carboxylic acids is 1. The highest BCUT2D eigenvalue weighted by atomic mass is 16.4. The summed E-state index contributed by atoms with van der Waals surface area (Å²) in [5, 5.41) is 13.1. The summed E-state index contributed by atoms with van der Waals surface area (Å²) in [6.07, 6.45) is 3.30. The maximum atomic E-state index is 11.8. The van der Waals surface area contributed by atoms with Crippen molar-refractivity contribution in [3.05, 3.63) is 0 Å². The molecular formula is C11H17N3O4. The van der Waals surface area contributed by atoms with Crippen LogP contribution >= 0.6 is 0 Å². The Morgan fingerprint density at radius 3 is 2.50 bits per heavy atom. The normalized spacial score (nSPS) is 25.0. The molecular weight excluding hydrogens is 238 g/mol. The Morgan fingerprint density at radius 2 is 1.94 bits per heavy atom. The van der Waals surface area contributed by atoms with Crippen LogP contribution in [-0.4, -0.2) is 53.6 Å². The second-order valence-corrected chi connectivity index (χ2v) is 4.81. The molecule has 0 spiro atoms. The van der Waals surface area contributed by atoms with Gasteiger partial charge in [-0.3, -0.25) is 9.59 Å². The van der Waals surface area contributed by atoms with Crippen LogP contribution < -0.4 is 10.6 Å². The Balaban J connectivity index is 1.69. The molecule has 2 bridgehead atoms. The number of nitrogens with zero attached hydrogens (tertiary/aromatic N) is 1. The summed E-state index contributed by atoms with van der Waals surface area (Å²) in [6, 6.07) is 0.0877. The van der Waals surface area contributed by atoms with Gasteiger partial charge >= 0.3 is 12.0 Å². The van der Waals surface area contributed by atoms with E-state index in [0.29, 0.717) is 12.0 Å². The van der Waals surface area contributed by atoms with Gasteiger partial charge in [-0.25, -0.2) is 4.79 Å². The molecule has 100 valence electrons. The van der Waals surface area contributed by atoms with E-state index in [-0.39, 0.29) is 12.6 Å². The van der Waals surface area contributed by atoms with Crippen LogP contribution in [0.2, 0.25) is 0 Å². The van der Waals surface area contributed by atoms with Gasteiger partial charge in [-0.2, -0.15) is 0 Å². The summed E-state index contributed by atoms with van der Waals surface area (Å²) in [4.78, 5) is 35.0. The molecule has 2 aliphatic rings. The van der Waals surface area contributed by atoms with Gasteiger partial charge in [-0.1, -0.05) is 0 Å². The Labute approximate surface area is 105 Å². The average molecular weight is 255 g/mol. The van der Waals surface area contributed by atoms with Crippen LogP contribution in [0.4, 0.5) is 4.79 Å². The minimum Gasteiger partial charge on any atom is -0.480 e. The van der Waals surface area contributed by atoms with E-state index in [1.807, 2.05) is 0 Å². The monoisotopic (exact) mass is 255 g/mol. The quantitative estimate of drug-likeness (QED) is 0.623. The molecule has 2 unspecified atom stereocenters. The molecule has 1 aliphatic heterocycles. The van der Waals surface area contributed by atoms with Crippen molar-refractivity contribution in [1.82, 2.24) is 15.5 Å². The minimum atomic E-state index is -1.11. The third kappa shape index (κ3) is 2.91. The van der Waals surface area contributed by atoms with Crippen molar-refractivity contribution in [2.24, 2.45) is 5.92 Å². The summed E-state index contributed by atoms with van der Waals surface area (Å²) >= 11 is 0. The van der Waals surface area contributed by atoms with Gasteiger partial charge in [0.05, 0.1) is 6.54 Å². The Bertz CT molecular complexity index is 371. The first-order valence-corrected chi connectivity index (χ1v) is 6.09. The van der Waals surface area contributed by atoms with E-state index < -0.39 is 18.4 Å². The van der Waals surface area contributed by atoms with Crippen LogP contribution in [0.3, 0.4) is 0 Å². The first-order valence-electron chi connectivity index (χ1n) is 6.09. The van der Waals surface area contributed by atoms with Crippen LogP contribution in [0.5, 0.6) is 0 Å². The predicted octanol–water partition coefficient (Wildman–Crippen LogP) is -0.619. The molecule has 1 saturated heterocycles. The number of hydrogen-bond acceptors (Lipinski definition) is 3. The minimum absolute atomic E-state index is 0.181. The van der Waals surface area contributed by atoms with Crippen molar-refractivity contribution in [2.45, 2.75) is 25.3 Å². The van der Waals surface area contributed by atoms with Crippen LogP contribution in [-0.2, 0) is 9.59 Å². The number of carboxylic acid groups (broad SMARTS) is 1. The second-order valence-electron chi connectivity index (χ2n) is 4.81. The van der Waals surface area contributed by atoms with Crippen LogP contribution in [0, 0.1) is 5.92 Å². The first kappa shape index (κ1) is 12.7. The van der Waals surface area contributed by atoms with Crippen molar-refractivity contribution in [2.75, 3.05) is 19.6 Å². The molecule has 0 aromatic rings. The predicted molar refractivity (Wildman–Crippen MR) is 61.9 cm³/mol. The van der Waals surface area contributed by atoms with Crippen LogP contribution in [0.1, 0.15) is 19.3 Å². The molecule has 0 radical (unpaired) electrons. The number of urea groups is 1. The lowest BCUT2D eigenvalue weighted by Crippen LogP contribution is -2.47. The summed E-state index contributed by atoms with van der Waals surface area (Å²) in [5.74, 6) is -0.983. The SMILES string of the molecule is O=C(O)CNC(=O)CNC(=O)N1CC2CCC1C2. The highest BCUT2D eigenvalue weighted by Crippen LogP contribution is 2.37. The fraction of sp³-hybridized carbons (Fsp3) is 0.727. The van der Waals surface area contributed by atoms with Crippen LogP contribution in [0.25, 0.3) is 0 Å². The molecule has 0 aromatic carbocycles. The number of amides is 3. The van der Waals surface area contributed by atoms with Gasteiger partial charge in [-0.15, -0.1) is 0 Å². The molecule has 2 fully saturated rings. The van der Waals surface area contributed by atoms with E-state index >= 15 is 0 Å². The molecule has 2 atom stereocenters. The summed E-state index contributed by atoms with van der Waals surface area (Å²) in [5.41, 5.74) is 0. The number of carbonyl (C=O) groups is 3. The first-order chi connectivity index (χ1) is 8.56. The topological polar surface area (TPSA) is 98.7 Å². The zero-order valence-corrected chi connectivity index (χ0v) is 10.0. The zero-order chi connectivity index (χ0) is 13.1. The Hall–Kier alpha value is -1.79. The van der Waals surface area contributed by atoms with E-state index in [4.69, 9.17) is 5.11 Å². The number of rotatable bonds is 4. The van der Waals surface area contributed by atoms with Crippen molar-refractivity contribution in [1.29, 1.82) is 0 Å². The smallest absolute Gasteiger partial charge is 0.322 e. The van der Waals surface area contributed by atoms with Gasteiger partial charge in [0.15, 0.2) is 0 Å². The number of carbonyl (C=O) groups excluding carboxylic acids is 2. The van der Waals surface area contributed by atoms with Gasteiger partial charge in [0.25, 0.3) is 0 Å². The van der Waals surface area contributed by atoms with Gasteiger partial charge in [0.1, 0.15) is 6.54 Å². The molecule has 1 heterocycles. The van der Waals surface area contributed by atoms with Crippen molar-refractivity contribution in [3.8, 4) is 0 Å². The van der Waals surface area contributed by atoms with E-state index in [0.717, 1.165) is 19.4 Å². The van der Waals surface area contributed by atoms with Crippen molar-refractivity contribution < 1.29 is 19.5 Å². The maximum Gasteiger partial charge on any atom is 0.322 e. The fourth-order valence-electron chi connectivity index (χ4n) is 2.67. The standard InChI is InChI=1S/C11H17N3O4/c15-9(12-5-10(16)17)4-13-11(18)14-6-7-1-2-8(14)3-7/h7-8H,1-6H2,(H,12,15)(H,13,18)(H,16,17). The third-order valence-corrected chi connectivity index (χ3v) is 3.51. The van der Waals surface area contributed by atoms with Crippen molar-refractivity contribution in [3.63, 3.8) is 0 Å². The molecule has 1 saturated carbocycles. The lowest BCUT2D eigenvalue weighted by atomic mass is 10.1. The molecule has 18 heavy (non-hydrogen) atoms. The number of hydrogen-bond donors (Lipinski definition) is 3. The van der Waals surface area contributed by atoms with E-state index in [1.54, 1.807) is 4.90 Å². The number of nitrogens with one attached hydrogen (secondary N) is 2. The largest absolute Gasteiger partial charge is 0.480 e. The van der Waals surface area contributed by atoms with Crippen LogP contribution in [0.15, 0.2) is 0 Å². The molecule has 1 aliphatic carbocycles. The van der Waals surface area contributed by atoms with E-state index in [1.165, 1.54) is 6.42 Å².